The second-order valence-corrected chi connectivity index (χ2v) is 5.33. The molecule has 1 aliphatic rings. The molecule has 1 aliphatic heterocycles. The molecule has 0 aliphatic carbocycles. The number of H-pyrrole nitrogens is 1. The van der Waals surface area contributed by atoms with Crippen molar-refractivity contribution in [2.75, 3.05) is 25.1 Å². The average Bonchev–Trinajstić information content (AvgIpc) is 2.54. The molecule has 0 unspecified atom stereocenters. The van der Waals surface area contributed by atoms with Crippen molar-refractivity contribution < 1.29 is 9.53 Å². The van der Waals surface area contributed by atoms with Gasteiger partial charge in [0.25, 0.3) is 5.56 Å². The Labute approximate surface area is 122 Å². The Morgan fingerprint density at radius 3 is 2.67 bits per heavy atom. The standard InChI is InChI=1S/C16H18N2O3/c1-21-16(20)11-5-6-13-12(9-11)10-14(15(19)17-13)18-7-3-2-4-8-18/h5-6,9-10H,2-4,7-8H2,1H3,(H,17,19). The molecule has 0 atom stereocenters. The summed E-state index contributed by atoms with van der Waals surface area (Å²) in [6.07, 6.45) is 3.44. The van der Waals surface area contributed by atoms with Gasteiger partial charge in [0, 0.05) is 24.0 Å². The molecular formula is C16H18N2O3. The number of hydrogen-bond donors (Lipinski definition) is 1. The van der Waals surface area contributed by atoms with E-state index in [9.17, 15) is 9.59 Å². The molecule has 1 N–H and O–H groups in total. The van der Waals surface area contributed by atoms with Crippen LogP contribution in [0.15, 0.2) is 29.1 Å². The zero-order valence-corrected chi connectivity index (χ0v) is 12.0. The van der Waals surface area contributed by atoms with Crippen LogP contribution in [0.4, 0.5) is 5.69 Å². The van der Waals surface area contributed by atoms with Gasteiger partial charge in [-0.3, -0.25) is 4.79 Å². The Bertz CT molecular complexity index is 730. The van der Waals surface area contributed by atoms with Gasteiger partial charge in [-0.15, -0.1) is 0 Å². The van der Waals surface area contributed by atoms with E-state index < -0.39 is 0 Å². The zero-order chi connectivity index (χ0) is 14.8. The van der Waals surface area contributed by atoms with E-state index in [-0.39, 0.29) is 11.5 Å². The average molecular weight is 286 g/mol. The maximum absolute atomic E-state index is 12.2. The minimum Gasteiger partial charge on any atom is -0.465 e. The second kappa shape index (κ2) is 5.60. The number of benzene rings is 1. The number of pyridine rings is 1. The van der Waals surface area contributed by atoms with Crippen LogP contribution in [-0.4, -0.2) is 31.2 Å². The number of anilines is 1. The van der Waals surface area contributed by atoms with Crippen LogP contribution in [0.1, 0.15) is 29.6 Å². The van der Waals surface area contributed by atoms with Gasteiger partial charge in [-0.1, -0.05) is 0 Å². The summed E-state index contributed by atoms with van der Waals surface area (Å²) in [6, 6.07) is 7.02. The number of rotatable bonds is 2. The van der Waals surface area contributed by atoms with Gasteiger partial charge >= 0.3 is 5.97 Å². The second-order valence-electron chi connectivity index (χ2n) is 5.33. The number of ether oxygens (including phenoxy) is 1. The van der Waals surface area contributed by atoms with Crippen molar-refractivity contribution in [3.8, 4) is 0 Å². The normalized spacial score (nSPS) is 15.2. The molecule has 3 rings (SSSR count). The third-order valence-corrected chi connectivity index (χ3v) is 3.94. The molecule has 21 heavy (non-hydrogen) atoms. The quantitative estimate of drug-likeness (QED) is 0.861. The van der Waals surface area contributed by atoms with Crippen molar-refractivity contribution in [2.24, 2.45) is 0 Å². The fraction of sp³-hybridized carbons (Fsp3) is 0.375. The van der Waals surface area contributed by atoms with E-state index in [4.69, 9.17) is 4.74 Å². The van der Waals surface area contributed by atoms with Gasteiger partial charge in [0.2, 0.25) is 0 Å². The number of aromatic amines is 1. The minimum atomic E-state index is -0.373. The number of nitrogens with zero attached hydrogens (tertiary/aromatic N) is 1. The Morgan fingerprint density at radius 1 is 1.19 bits per heavy atom. The van der Waals surface area contributed by atoms with Gasteiger partial charge in [0.15, 0.2) is 0 Å². The SMILES string of the molecule is COC(=O)c1ccc2[nH]c(=O)c(N3CCCCC3)cc2c1. The first-order valence-electron chi connectivity index (χ1n) is 7.19. The molecular weight excluding hydrogens is 268 g/mol. The van der Waals surface area contributed by atoms with Crippen molar-refractivity contribution in [2.45, 2.75) is 19.3 Å². The fourth-order valence-electron chi connectivity index (χ4n) is 2.81. The molecule has 0 bridgehead atoms. The summed E-state index contributed by atoms with van der Waals surface area (Å²) >= 11 is 0. The highest BCUT2D eigenvalue weighted by molar-refractivity contribution is 5.95. The van der Waals surface area contributed by atoms with E-state index in [1.165, 1.54) is 13.5 Å². The highest BCUT2D eigenvalue weighted by Crippen LogP contribution is 2.21. The van der Waals surface area contributed by atoms with E-state index in [2.05, 4.69) is 9.88 Å². The smallest absolute Gasteiger partial charge is 0.337 e. The van der Waals surface area contributed by atoms with Crippen molar-refractivity contribution in [3.63, 3.8) is 0 Å². The van der Waals surface area contributed by atoms with Crippen LogP contribution in [0.2, 0.25) is 0 Å². The van der Waals surface area contributed by atoms with E-state index in [0.717, 1.165) is 36.8 Å². The number of methoxy groups -OCH3 is 1. The minimum absolute atomic E-state index is 0.0739. The van der Waals surface area contributed by atoms with Crippen molar-refractivity contribution >= 4 is 22.6 Å². The Kier molecular flexibility index (Phi) is 3.64. The summed E-state index contributed by atoms with van der Waals surface area (Å²) in [4.78, 5) is 28.8. The summed E-state index contributed by atoms with van der Waals surface area (Å²) in [5, 5.41) is 0.845. The van der Waals surface area contributed by atoms with Gasteiger partial charge in [0.1, 0.15) is 5.69 Å². The van der Waals surface area contributed by atoms with Crippen molar-refractivity contribution in [3.05, 3.63) is 40.2 Å². The first-order valence-corrected chi connectivity index (χ1v) is 7.19. The summed E-state index contributed by atoms with van der Waals surface area (Å²) in [7, 11) is 1.36. The topological polar surface area (TPSA) is 62.4 Å². The molecule has 5 nitrogen and oxygen atoms in total. The molecule has 2 aromatic rings. The van der Waals surface area contributed by atoms with Crippen LogP contribution in [0.3, 0.4) is 0 Å². The Morgan fingerprint density at radius 2 is 1.95 bits per heavy atom. The lowest BCUT2D eigenvalue weighted by Crippen LogP contribution is -2.33. The van der Waals surface area contributed by atoms with Crippen LogP contribution in [-0.2, 0) is 4.74 Å². The van der Waals surface area contributed by atoms with E-state index in [0.29, 0.717) is 11.3 Å². The third-order valence-electron chi connectivity index (χ3n) is 3.94. The summed E-state index contributed by atoms with van der Waals surface area (Å²) in [5.74, 6) is -0.373. The maximum Gasteiger partial charge on any atom is 0.337 e. The highest BCUT2D eigenvalue weighted by atomic mass is 16.5. The Balaban J connectivity index is 2.07. The van der Waals surface area contributed by atoms with Crippen LogP contribution in [0.5, 0.6) is 0 Å². The largest absolute Gasteiger partial charge is 0.465 e. The van der Waals surface area contributed by atoms with E-state index in [1.54, 1.807) is 18.2 Å². The third kappa shape index (κ3) is 2.63. The first kappa shape index (κ1) is 13.7. The fourth-order valence-corrected chi connectivity index (χ4v) is 2.81. The van der Waals surface area contributed by atoms with Crippen LogP contribution < -0.4 is 10.5 Å². The molecule has 1 saturated heterocycles. The number of carbonyl (C=O) groups is 1. The number of aromatic nitrogens is 1. The molecule has 5 heteroatoms. The molecule has 1 aromatic heterocycles. The molecule has 110 valence electrons. The predicted octanol–water partition coefficient (Wildman–Crippen LogP) is 2.31. The first-order chi connectivity index (χ1) is 10.2. The van der Waals surface area contributed by atoms with Crippen LogP contribution in [0, 0.1) is 0 Å². The molecule has 2 heterocycles. The van der Waals surface area contributed by atoms with Crippen LogP contribution >= 0.6 is 0 Å². The molecule has 1 aromatic carbocycles. The number of fused-ring (bicyclic) bond motifs is 1. The molecule has 0 amide bonds. The van der Waals surface area contributed by atoms with Gasteiger partial charge in [-0.25, -0.2) is 4.79 Å². The molecule has 0 spiro atoms. The van der Waals surface area contributed by atoms with Gasteiger partial charge in [-0.05, 0) is 43.5 Å². The number of hydrogen-bond acceptors (Lipinski definition) is 4. The van der Waals surface area contributed by atoms with Gasteiger partial charge < -0.3 is 14.6 Å². The molecule has 0 saturated carbocycles. The lowest BCUT2D eigenvalue weighted by Gasteiger charge is -2.28. The van der Waals surface area contributed by atoms with E-state index in [1.807, 2.05) is 6.07 Å². The molecule has 0 radical (unpaired) electrons. The number of esters is 1. The summed E-state index contributed by atoms with van der Waals surface area (Å²) < 4.78 is 4.73. The zero-order valence-electron chi connectivity index (χ0n) is 12.0. The number of piperidine rings is 1. The monoisotopic (exact) mass is 286 g/mol. The summed E-state index contributed by atoms with van der Waals surface area (Å²) in [6.45, 7) is 1.82. The van der Waals surface area contributed by atoms with Crippen molar-refractivity contribution in [1.29, 1.82) is 0 Å². The lowest BCUT2D eigenvalue weighted by atomic mass is 10.1. The number of nitrogens with one attached hydrogen (secondary N) is 1. The van der Waals surface area contributed by atoms with Crippen LogP contribution in [0.25, 0.3) is 10.9 Å². The lowest BCUT2D eigenvalue weighted by molar-refractivity contribution is 0.0601. The highest BCUT2D eigenvalue weighted by Gasteiger charge is 2.15. The maximum atomic E-state index is 12.2. The van der Waals surface area contributed by atoms with Gasteiger partial charge in [-0.2, -0.15) is 0 Å². The molecule has 1 fully saturated rings. The predicted molar refractivity (Wildman–Crippen MR) is 82.0 cm³/mol. The Hall–Kier alpha value is -2.30. The van der Waals surface area contributed by atoms with Gasteiger partial charge in [0.05, 0.1) is 12.7 Å². The van der Waals surface area contributed by atoms with E-state index >= 15 is 0 Å². The number of carbonyl (C=O) groups excluding carboxylic acids is 1. The van der Waals surface area contributed by atoms with Crippen molar-refractivity contribution in [1.82, 2.24) is 4.98 Å². The summed E-state index contributed by atoms with van der Waals surface area (Å²) in [5.41, 5.74) is 1.83.